The maximum Gasteiger partial charge on any atom is 0.326 e. The summed E-state index contributed by atoms with van der Waals surface area (Å²) in [4.78, 5) is 33.2. The molecule has 1 rings (SSSR count). The van der Waals surface area contributed by atoms with Gasteiger partial charge in [0.15, 0.2) is 6.10 Å². The van der Waals surface area contributed by atoms with Crippen molar-refractivity contribution < 1.29 is 29.3 Å². The number of carboxylic acids is 2. The summed E-state index contributed by atoms with van der Waals surface area (Å²) in [5.74, 6) is -3.24. The van der Waals surface area contributed by atoms with Crippen LogP contribution in [0, 0.1) is 0 Å². The molecule has 0 aliphatic rings. The van der Waals surface area contributed by atoms with Gasteiger partial charge in [0.2, 0.25) is 0 Å². The van der Waals surface area contributed by atoms with Crippen LogP contribution in [0.4, 0.5) is 0 Å². The zero-order chi connectivity index (χ0) is 16.0. The number of carbonyl (C=O) groups is 3. The van der Waals surface area contributed by atoms with Gasteiger partial charge in [-0.3, -0.25) is 9.59 Å². The third-order valence-corrected chi connectivity index (χ3v) is 2.82. The minimum Gasteiger partial charge on any atom is -0.481 e. The predicted octanol–water partition coefficient (Wildman–Crippen LogP) is 1.15. The van der Waals surface area contributed by atoms with E-state index >= 15 is 0 Å². The molecule has 21 heavy (non-hydrogen) atoms. The number of aliphatic carboxylic acids is 2. The predicted molar refractivity (Wildman–Crippen MR) is 73.4 cm³/mol. The van der Waals surface area contributed by atoms with Gasteiger partial charge in [0.1, 0.15) is 11.8 Å². The maximum atomic E-state index is 11.8. The summed E-state index contributed by atoms with van der Waals surface area (Å²) in [6.07, 6.45) is -1.75. The standard InChI is InChI=1S/C13H14ClNO6/c1-7(21-10-5-3-2-4-8(10)14)12(18)15-9(13(19)20)6-11(16)17/h2-5,7,9H,6H2,1H3,(H,15,18)(H,16,17)(H,19,20). The summed E-state index contributed by atoms with van der Waals surface area (Å²) >= 11 is 5.87. The van der Waals surface area contributed by atoms with Gasteiger partial charge in [-0.1, -0.05) is 23.7 Å². The first-order valence-electron chi connectivity index (χ1n) is 5.97. The number of carboxylic acid groups (broad SMARTS) is 2. The van der Waals surface area contributed by atoms with Crippen LogP contribution in [0.25, 0.3) is 0 Å². The average Bonchev–Trinajstić information content (AvgIpc) is 2.39. The van der Waals surface area contributed by atoms with Crippen molar-refractivity contribution in [3.05, 3.63) is 29.3 Å². The Bertz CT molecular complexity index is 547. The summed E-state index contributed by atoms with van der Waals surface area (Å²) in [5, 5.41) is 19.8. The van der Waals surface area contributed by atoms with Crippen LogP contribution in [0.5, 0.6) is 5.75 Å². The topological polar surface area (TPSA) is 113 Å². The smallest absolute Gasteiger partial charge is 0.326 e. The van der Waals surface area contributed by atoms with Crippen molar-refractivity contribution in [2.45, 2.75) is 25.5 Å². The molecule has 2 atom stereocenters. The number of carbonyl (C=O) groups excluding carboxylic acids is 1. The van der Waals surface area contributed by atoms with Gasteiger partial charge >= 0.3 is 11.9 Å². The highest BCUT2D eigenvalue weighted by molar-refractivity contribution is 6.32. The molecular formula is C13H14ClNO6. The largest absolute Gasteiger partial charge is 0.481 e. The molecule has 0 radical (unpaired) electrons. The highest BCUT2D eigenvalue weighted by atomic mass is 35.5. The quantitative estimate of drug-likeness (QED) is 0.695. The number of rotatable bonds is 7. The maximum absolute atomic E-state index is 11.8. The summed E-state index contributed by atoms with van der Waals surface area (Å²) in [6.45, 7) is 1.40. The Balaban J connectivity index is 2.67. The van der Waals surface area contributed by atoms with Crippen molar-refractivity contribution in [2.75, 3.05) is 0 Å². The fourth-order valence-corrected chi connectivity index (χ4v) is 1.63. The van der Waals surface area contributed by atoms with Gasteiger partial charge in [-0.2, -0.15) is 0 Å². The third-order valence-electron chi connectivity index (χ3n) is 2.50. The van der Waals surface area contributed by atoms with Gasteiger partial charge in [0.25, 0.3) is 5.91 Å². The van der Waals surface area contributed by atoms with Crippen molar-refractivity contribution in [1.82, 2.24) is 5.32 Å². The van der Waals surface area contributed by atoms with Crippen molar-refractivity contribution in [3.63, 3.8) is 0 Å². The van der Waals surface area contributed by atoms with E-state index in [1.807, 2.05) is 0 Å². The van der Waals surface area contributed by atoms with E-state index in [1.165, 1.54) is 6.92 Å². The number of hydrogen-bond acceptors (Lipinski definition) is 4. The number of benzene rings is 1. The van der Waals surface area contributed by atoms with Crippen molar-refractivity contribution >= 4 is 29.4 Å². The van der Waals surface area contributed by atoms with Gasteiger partial charge in [-0.05, 0) is 19.1 Å². The third kappa shape index (κ3) is 5.31. The number of para-hydroxylation sites is 1. The number of nitrogens with one attached hydrogen (secondary N) is 1. The van der Waals surface area contributed by atoms with Crippen LogP contribution in [0.2, 0.25) is 5.02 Å². The minimum atomic E-state index is -1.52. The fourth-order valence-electron chi connectivity index (χ4n) is 1.45. The number of hydrogen-bond donors (Lipinski definition) is 3. The van der Waals surface area contributed by atoms with Gasteiger partial charge in [-0.25, -0.2) is 4.79 Å². The lowest BCUT2D eigenvalue weighted by molar-refractivity contribution is -0.147. The van der Waals surface area contributed by atoms with Crippen LogP contribution in [0.3, 0.4) is 0 Å². The Morgan fingerprint density at radius 1 is 1.29 bits per heavy atom. The normalized spacial score (nSPS) is 13.0. The molecule has 1 amide bonds. The highest BCUT2D eigenvalue weighted by Gasteiger charge is 2.26. The van der Waals surface area contributed by atoms with E-state index in [2.05, 4.69) is 5.32 Å². The van der Waals surface area contributed by atoms with Crippen molar-refractivity contribution in [2.24, 2.45) is 0 Å². The lowest BCUT2D eigenvalue weighted by Gasteiger charge is -2.18. The molecule has 7 nitrogen and oxygen atoms in total. The summed E-state index contributed by atoms with van der Waals surface area (Å²) < 4.78 is 5.31. The lowest BCUT2D eigenvalue weighted by atomic mass is 10.2. The second-order valence-electron chi connectivity index (χ2n) is 4.19. The summed E-state index contributed by atoms with van der Waals surface area (Å²) in [6, 6.07) is 4.96. The monoisotopic (exact) mass is 315 g/mol. The van der Waals surface area contributed by atoms with Crippen LogP contribution in [-0.2, 0) is 14.4 Å². The van der Waals surface area contributed by atoms with Crippen LogP contribution < -0.4 is 10.1 Å². The minimum absolute atomic E-state index is 0.270. The molecule has 1 aromatic rings. The van der Waals surface area contributed by atoms with Gasteiger partial charge in [0.05, 0.1) is 11.4 Å². The first-order chi connectivity index (χ1) is 9.81. The molecule has 0 spiro atoms. The molecular weight excluding hydrogens is 302 g/mol. The number of halogens is 1. The van der Waals surface area contributed by atoms with E-state index in [-0.39, 0.29) is 5.75 Å². The Hall–Kier alpha value is -2.28. The van der Waals surface area contributed by atoms with Gasteiger partial charge < -0.3 is 20.3 Å². The van der Waals surface area contributed by atoms with E-state index in [1.54, 1.807) is 24.3 Å². The molecule has 114 valence electrons. The first-order valence-corrected chi connectivity index (χ1v) is 6.35. The zero-order valence-electron chi connectivity index (χ0n) is 11.1. The molecule has 0 aliphatic heterocycles. The molecule has 0 heterocycles. The van der Waals surface area contributed by atoms with Crippen LogP contribution in [0.1, 0.15) is 13.3 Å². The van der Waals surface area contributed by atoms with E-state index in [0.717, 1.165) is 0 Å². The fraction of sp³-hybridized carbons (Fsp3) is 0.308. The molecule has 0 aromatic heterocycles. The SMILES string of the molecule is CC(Oc1ccccc1Cl)C(=O)NC(CC(=O)O)C(=O)O. The molecule has 0 aliphatic carbocycles. The Morgan fingerprint density at radius 2 is 1.90 bits per heavy atom. The zero-order valence-corrected chi connectivity index (χ0v) is 11.8. The van der Waals surface area contributed by atoms with Crippen molar-refractivity contribution in [3.8, 4) is 5.75 Å². The molecule has 1 aromatic carbocycles. The number of amides is 1. The van der Waals surface area contributed by atoms with E-state index in [9.17, 15) is 14.4 Å². The Labute approximate surface area is 125 Å². The van der Waals surface area contributed by atoms with Gasteiger partial charge in [0, 0.05) is 0 Å². The van der Waals surface area contributed by atoms with E-state index < -0.39 is 36.4 Å². The van der Waals surface area contributed by atoms with Crippen LogP contribution in [0.15, 0.2) is 24.3 Å². The number of ether oxygens (including phenoxy) is 1. The Kier molecular flexibility index (Phi) is 5.98. The Morgan fingerprint density at radius 3 is 2.43 bits per heavy atom. The second kappa shape index (κ2) is 7.49. The second-order valence-corrected chi connectivity index (χ2v) is 4.59. The molecule has 0 saturated carbocycles. The molecule has 3 N–H and O–H groups in total. The van der Waals surface area contributed by atoms with E-state index in [0.29, 0.717) is 5.02 Å². The first kappa shape index (κ1) is 16.8. The average molecular weight is 316 g/mol. The van der Waals surface area contributed by atoms with Gasteiger partial charge in [-0.15, -0.1) is 0 Å². The van der Waals surface area contributed by atoms with Crippen LogP contribution in [-0.4, -0.2) is 40.2 Å². The van der Waals surface area contributed by atoms with Crippen LogP contribution >= 0.6 is 11.6 Å². The van der Waals surface area contributed by atoms with Crippen molar-refractivity contribution in [1.29, 1.82) is 0 Å². The molecule has 0 fully saturated rings. The van der Waals surface area contributed by atoms with E-state index in [4.69, 9.17) is 26.6 Å². The molecule has 0 bridgehead atoms. The summed E-state index contributed by atoms with van der Waals surface area (Å²) in [7, 11) is 0. The molecule has 8 heteroatoms. The lowest BCUT2D eigenvalue weighted by Crippen LogP contribution is -2.47. The summed E-state index contributed by atoms with van der Waals surface area (Å²) in [5.41, 5.74) is 0. The highest BCUT2D eigenvalue weighted by Crippen LogP contribution is 2.24. The molecule has 0 saturated heterocycles. The molecule has 2 unspecified atom stereocenters.